The molecule has 3 amide bonds. The van der Waals surface area contributed by atoms with Crippen molar-refractivity contribution in [1.29, 1.82) is 0 Å². The lowest BCUT2D eigenvalue weighted by molar-refractivity contribution is -0.135. The number of nitrogens with one attached hydrogen (secondary N) is 2. The van der Waals surface area contributed by atoms with Crippen molar-refractivity contribution in [3.8, 4) is 11.5 Å². The van der Waals surface area contributed by atoms with Crippen molar-refractivity contribution in [2.45, 2.75) is 6.42 Å². The van der Waals surface area contributed by atoms with Crippen LogP contribution in [0.3, 0.4) is 0 Å². The molecule has 2 fully saturated rings. The van der Waals surface area contributed by atoms with Gasteiger partial charge in [0, 0.05) is 56.9 Å². The van der Waals surface area contributed by atoms with Crippen LogP contribution in [0.2, 0.25) is 0 Å². The summed E-state index contributed by atoms with van der Waals surface area (Å²) in [5, 5.41) is 5.77. The first-order valence-electron chi connectivity index (χ1n) is 9.83. The fraction of sp³-hybridized carbons (Fsp3) is 0.286. The van der Waals surface area contributed by atoms with Crippen LogP contribution in [0.5, 0.6) is 11.5 Å². The Kier molecular flexibility index (Phi) is 5.63. The molecule has 2 aromatic rings. The minimum atomic E-state index is -0.465. The van der Waals surface area contributed by atoms with Gasteiger partial charge in [0.1, 0.15) is 17.3 Å². The van der Waals surface area contributed by atoms with E-state index in [1.165, 1.54) is 17.3 Å². The first-order valence-corrected chi connectivity index (χ1v) is 9.83. The Morgan fingerprint density at radius 3 is 2.77 bits per heavy atom. The molecular weight excluding hydrogens is 398 g/mol. The number of anilines is 1. The summed E-state index contributed by atoms with van der Waals surface area (Å²) < 4.78 is 5.82. The van der Waals surface area contributed by atoms with Crippen LogP contribution in [0.4, 0.5) is 10.6 Å². The largest absolute Gasteiger partial charge is 0.456 e. The molecule has 0 saturated carbocycles. The highest BCUT2D eigenvalue weighted by Gasteiger charge is 2.52. The lowest BCUT2D eigenvalue weighted by Gasteiger charge is -2.36. The van der Waals surface area contributed by atoms with E-state index >= 15 is 0 Å². The summed E-state index contributed by atoms with van der Waals surface area (Å²) in [4.78, 5) is 38.7. The molecule has 4 rings (SSSR count). The van der Waals surface area contributed by atoms with Crippen LogP contribution in [0.1, 0.15) is 12.1 Å². The molecule has 2 saturated heterocycles. The zero-order valence-corrected chi connectivity index (χ0v) is 17.0. The molecule has 31 heavy (non-hydrogen) atoms. The van der Waals surface area contributed by atoms with Crippen molar-refractivity contribution in [3.63, 3.8) is 0 Å². The number of carbonyl (C=O) groups excluding carboxylic acids is 2. The molecule has 0 atom stereocenters. The maximum atomic E-state index is 12.5. The minimum Gasteiger partial charge on any atom is -0.456 e. The third kappa shape index (κ3) is 4.10. The minimum absolute atomic E-state index is 0.129. The number of aromatic nitrogens is 2. The molecule has 2 aromatic heterocycles. The van der Waals surface area contributed by atoms with Crippen LogP contribution in [0, 0.1) is 5.41 Å². The third-order valence-corrected chi connectivity index (χ3v) is 5.37. The fourth-order valence-corrected chi connectivity index (χ4v) is 3.56. The van der Waals surface area contributed by atoms with Gasteiger partial charge in [-0.05, 0) is 24.6 Å². The first-order chi connectivity index (χ1) is 15.0. The van der Waals surface area contributed by atoms with Gasteiger partial charge in [0.25, 0.3) is 0 Å². The van der Waals surface area contributed by atoms with Gasteiger partial charge in [0.15, 0.2) is 0 Å². The summed E-state index contributed by atoms with van der Waals surface area (Å²) in [6.45, 7) is 1.68. The highest BCUT2D eigenvalue weighted by atomic mass is 16.5. The van der Waals surface area contributed by atoms with Crippen molar-refractivity contribution >= 4 is 29.5 Å². The number of nitrogens with two attached hydrogens (primary N) is 1. The van der Waals surface area contributed by atoms with E-state index in [-0.39, 0.29) is 5.91 Å². The number of hydrogen-bond acceptors (Lipinski definition) is 8. The number of rotatable bonds is 5. The number of ether oxygens (including phenoxy) is 1. The van der Waals surface area contributed by atoms with E-state index in [4.69, 9.17) is 10.5 Å². The predicted molar refractivity (Wildman–Crippen MR) is 116 cm³/mol. The average Bonchev–Trinajstić information content (AvgIpc) is 3.11. The van der Waals surface area contributed by atoms with E-state index < -0.39 is 11.4 Å². The summed E-state index contributed by atoms with van der Waals surface area (Å²) in [6.07, 6.45) is 6.82. The SMILES string of the molecule is CN=CC(=CN)c1cc(Oc2ccc(NC(=O)N3CCC4(CNC4)C3=O)nc2)ccn1. The molecule has 0 radical (unpaired) electrons. The number of carbonyl (C=O) groups is 2. The zero-order chi connectivity index (χ0) is 21.8. The van der Waals surface area contributed by atoms with Crippen LogP contribution >= 0.6 is 0 Å². The fourth-order valence-electron chi connectivity index (χ4n) is 3.56. The summed E-state index contributed by atoms with van der Waals surface area (Å²) >= 11 is 0. The molecule has 10 heteroatoms. The number of urea groups is 1. The number of likely N-dealkylation sites (tertiary alicyclic amines) is 1. The number of hydrogen-bond donors (Lipinski definition) is 3. The molecule has 1 spiro atoms. The molecule has 0 aliphatic carbocycles. The van der Waals surface area contributed by atoms with Crippen LogP contribution in [0.15, 0.2) is 47.9 Å². The van der Waals surface area contributed by atoms with E-state index in [2.05, 4.69) is 25.6 Å². The Labute approximate surface area is 179 Å². The van der Waals surface area contributed by atoms with Crippen LogP contribution < -0.4 is 21.1 Å². The monoisotopic (exact) mass is 421 g/mol. The zero-order valence-electron chi connectivity index (χ0n) is 17.0. The Bertz CT molecular complexity index is 1050. The van der Waals surface area contributed by atoms with Gasteiger partial charge in [0.2, 0.25) is 5.91 Å². The highest BCUT2D eigenvalue weighted by Crippen LogP contribution is 2.35. The molecule has 2 aliphatic rings. The number of aliphatic imine (C=N–C) groups is 1. The van der Waals surface area contributed by atoms with Crippen LogP contribution in [-0.2, 0) is 4.79 Å². The normalized spacial score (nSPS) is 17.8. The molecule has 2 aliphatic heterocycles. The molecule has 0 bridgehead atoms. The Balaban J connectivity index is 1.39. The van der Waals surface area contributed by atoms with Gasteiger partial charge in [-0.3, -0.25) is 25.0 Å². The van der Waals surface area contributed by atoms with E-state index in [0.717, 1.165) is 0 Å². The van der Waals surface area contributed by atoms with E-state index in [9.17, 15) is 9.59 Å². The smallest absolute Gasteiger partial charge is 0.329 e. The van der Waals surface area contributed by atoms with Gasteiger partial charge in [-0.15, -0.1) is 0 Å². The summed E-state index contributed by atoms with van der Waals surface area (Å²) in [5.74, 6) is 1.24. The van der Waals surface area contributed by atoms with Crippen LogP contribution in [0.25, 0.3) is 5.57 Å². The number of imide groups is 1. The van der Waals surface area contributed by atoms with Crippen molar-refractivity contribution in [2.75, 3.05) is 32.0 Å². The average molecular weight is 421 g/mol. The number of amides is 3. The maximum Gasteiger partial charge on any atom is 0.329 e. The Morgan fingerprint density at radius 2 is 2.16 bits per heavy atom. The molecule has 160 valence electrons. The number of nitrogens with zero attached hydrogens (tertiary/aromatic N) is 4. The van der Waals surface area contributed by atoms with Crippen molar-refractivity contribution in [2.24, 2.45) is 16.1 Å². The van der Waals surface area contributed by atoms with Gasteiger partial charge in [-0.1, -0.05) is 0 Å². The second-order valence-electron chi connectivity index (χ2n) is 7.39. The molecule has 10 nitrogen and oxygen atoms in total. The van der Waals surface area contributed by atoms with E-state index in [1.807, 2.05) is 0 Å². The molecule has 0 aromatic carbocycles. The van der Waals surface area contributed by atoms with E-state index in [1.54, 1.807) is 43.7 Å². The van der Waals surface area contributed by atoms with Gasteiger partial charge in [-0.2, -0.15) is 0 Å². The lowest BCUT2D eigenvalue weighted by Crippen LogP contribution is -2.58. The number of allylic oxidation sites excluding steroid dienone is 1. The van der Waals surface area contributed by atoms with Gasteiger partial charge >= 0.3 is 6.03 Å². The van der Waals surface area contributed by atoms with Crippen molar-refractivity contribution < 1.29 is 14.3 Å². The summed E-state index contributed by atoms with van der Waals surface area (Å²) in [5.41, 5.74) is 6.50. The first kappa shape index (κ1) is 20.5. The standard InChI is InChI=1S/C21H23N7O3/c1-23-10-14(9-22)17-8-15(4-6-25-17)31-16-2-3-18(26-11-16)27-20(30)28-7-5-21(19(28)29)12-24-13-21/h2-4,6,8-11,24H,5,7,12-13,22H2,1H3,(H,26,27,30). The maximum absolute atomic E-state index is 12.5. The Morgan fingerprint density at radius 1 is 1.32 bits per heavy atom. The van der Waals surface area contributed by atoms with Gasteiger partial charge in [-0.25, -0.2) is 9.78 Å². The summed E-state index contributed by atoms with van der Waals surface area (Å²) in [7, 11) is 1.65. The third-order valence-electron chi connectivity index (χ3n) is 5.37. The topological polar surface area (TPSA) is 135 Å². The molecule has 0 unspecified atom stereocenters. The van der Waals surface area contributed by atoms with Gasteiger partial charge in [0.05, 0.1) is 17.3 Å². The van der Waals surface area contributed by atoms with Crippen LogP contribution in [-0.4, -0.2) is 59.7 Å². The highest BCUT2D eigenvalue weighted by molar-refractivity contribution is 6.08. The predicted octanol–water partition coefficient (Wildman–Crippen LogP) is 1.62. The lowest BCUT2D eigenvalue weighted by atomic mass is 9.80. The molecule has 4 N–H and O–H groups in total. The summed E-state index contributed by atoms with van der Waals surface area (Å²) in [6, 6.07) is 6.28. The quantitative estimate of drug-likeness (QED) is 0.624. The van der Waals surface area contributed by atoms with Gasteiger partial charge < -0.3 is 15.8 Å². The van der Waals surface area contributed by atoms with Crippen molar-refractivity contribution in [1.82, 2.24) is 20.2 Å². The number of pyridine rings is 2. The van der Waals surface area contributed by atoms with E-state index in [0.29, 0.717) is 54.6 Å². The molecule has 4 heterocycles. The Hall–Kier alpha value is -3.79. The second-order valence-corrected chi connectivity index (χ2v) is 7.39. The molecular formula is C21H23N7O3. The van der Waals surface area contributed by atoms with Crippen molar-refractivity contribution in [3.05, 3.63) is 48.6 Å². The second kappa shape index (κ2) is 8.52.